The van der Waals surface area contributed by atoms with Gasteiger partial charge in [0, 0.05) is 38.4 Å². The van der Waals surface area contributed by atoms with Crippen LogP contribution in [0.1, 0.15) is 12.2 Å². The number of piperidine rings is 1. The van der Waals surface area contributed by atoms with Gasteiger partial charge in [-0.1, -0.05) is 0 Å². The van der Waals surface area contributed by atoms with Crippen molar-refractivity contribution >= 4 is 11.9 Å². The van der Waals surface area contributed by atoms with E-state index in [0.29, 0.717) is 32.0 Å². The number of amides is 1. The van der Waals surface area contributed by atoms with E-state index >= 15 is 0 Å². The number of hydrogen-bond donors (Lipinski definition) is 1. The predicted octanol–water partition coefficient (Wildman–Crippen LogP) is 0.234. The number of carbonyl (C=O) groups excluding carboxylic acids is 1. The topological polar surface area (TPSA) is 75.4 Å². The van der Waals surface area contributed by atoms with Crippen molar-refractivity contribution in [2.75, 3.05) is 13.1 Å². The van der Waals surface area contributed by atoms with Crippen LogP contribution >= 0.6 is 0 Å². The average Bonchev–Trinajstić information content (AvgIpc) is 2.73. The second-order valence-corrected chi connectivity index (χ2v) is 6.16. The normalized spacial score (nSPS) is 34.5. The summed E-state index contributed by atoms with van der Waals surface area (Å²) in [5.41, 5.74) is 0. The lowest BCUT2D eigenvalue weighted by molar-refractivity contribution is -0.140. The molecule has 1 saturated heterocycles. The molecule has 4 rings (SSSR count). The van der Waals surface area contributed by atoms with Gasteiger partial charge in [0.2, 0.25) is 5.91 Å². The van der Waals surface area contributed by atoms with Gasteiger partial charge in [0.1, 0.15) is 5.82 Å². The Bertz CT molecular complexity index is 561. The molecule has 1 aromatic heterocycles. The van der Waals surface area contributed by atoms with Gasteiger partial charge in [-0.25, -0.2) is 4.98 Å². The molecular weight excluding hydrogens is 258 g/mol. The molecule has 20 heavy (non-hydrogen) atoms. The van der Waals surface area contributed by atoms with Crippen LogP contribution in [-0.2, 0) is 22.6 Å². The van der Waals surface area contributed by atoms with Crippen LogP contribution in [0.5, 0.6) is 0 Å². The summed E-state index contributed by atoms with van der Waals surface area (Å²) in [5, 5.41) is 9.10. The number of rotatable bonds is 2. The maximum atomic E-state index is 12.5. The van der Waals surface area contributed by atoms with E-state index in [-0.39, 0.29) is 23.7 Å². The van der Waals surface area contributed by atoms with E-state index in [0.717, 1.165) is 12.2 Å². The number of hydrogen-bond acceptors (Lipinski definition) is 3. The summed E-state index contributed by atoms with van der Waals surface area (Å²) >= 11 is 0. The molecule has 1 aliphatic carbocycles. The second kappa shape index (κ2) is 4.07. The number of likely N-dealkylation sites (tertiary alicyclic amines) is 1. The first-order valence-electron chi connectivity index (χ1n) is 7.16. The number of imidazole rings is 1. The third-order valence-corrected chi connectivity index (χ3v) is 5.09. The number of carboxylic acid groups (broad SMARTS) is 1. The molecular formula is C14H17N3O3. The largest absolute Gasteiger partial charge is 0.481 e. The van der Waals surface area contributed by atoms with Gasteiger partial charge in [-0.3, -0.25) is 9.59 Å². The van der Waals surface area contributed by atoms with Crippen LogP contribution in [-0.4, -0.2) is 44.5 Å². The number of carboxylic acids is 1. The zero-order valence-corrected chi connectivity index (χ0v) is 11.1. The van der Waals surface area contributed by atoms with Crippen molar-refractivity contribution in [3.8, 4) is 0 Å². The zero-order valence-electron chi connectivity index (χ0n) is 11.1. The number of aliphatic carboxylic acids is 1. The molecule has 6 heteroatoms. The van der Waals surface area contributed by atoms with Gasteiger partial charge in [-0.15, -0.1) is 0 Å². The van der Waals surface area contributed by atoms with Gasteiger partial charge in [-0.05, 0) is 18.3 Å². The molecule has 1 unspecified atom stereocenters. The van der Waals surface area contributed by atoms with E-state index in [1.165, 1.54) is 0 Å². The first kappa shape index (κ1) is 11.9. The lowest BCUT2D eigenvalue weighted by Crippen LogP contribution is -2.41. The van der Waals surface area contributed by atoms with E-state index in [2.05, 4.69) is 4.98 Å². The Labute approximate surface area is 116 Å². The highest BCUT2D eigenvalue weighted by Gasteiger charge is 2.57. The Morgan fingerprint density at radius 2 is 2.15 bits per heavy atom. The van der Waals surface area contributed by atoms with Crippen molar-refractivity contribution in [2.45, 2.75) is 19.4 Å². The van der Waals surface area contributed by atoms with Crippen molar-refractivity contribution in [1.29, 1.82) is 0 Å². The monoisotopic (exact) mass is 275 g/mol. The summed E-state index contributed by atoms with van der Waals surface area (Å²) < 4.78 is 2.03. The van der Waals surface area contributed by atoms with Crippen LogP contribution in [0.15, 0.2) is 12.4 Å². The second-order valence-electron chi connectivity index (χ2n) is 6.16. The molecule has 4 atom stereocenters. The lowest BCUT2D eigenvalue weighted by atomic mass is 10.0. The van der Waals surface area contributed by atoms with Gasteiger partial charge in [0.15, 0.2) is 0 Å². The van der Waals surface area contributed by atoms with Gasteiger partial charge in [0.25, 0.3) is 0 Å². The summed E-state index contributed by atoms with van der Waals surface area (Å²) in [5.74, 6) is 0.705. The van der Waals surface area contributed by atoms with Gasteiger partial charge in [-0.2, -0.15) is 0 Å². The molecule has 2 fully saturated rings. The molecule has 106 valence electrons. The van der Waals surface area contributed by atoms with Crippen molar-refractivity contribution in [3.63, 3.8) is 0 Å². The Hall–Kier alpha value is -1.85. The van der Waals surface area contributed by atoms with E-state index in [1.54, 1.807) is 6.20 Å². The van der Waals surface area contributed by atoms with Crippen LogP contribution < -0.4 is 0 Å². The van der Waals surface area contributed by atoms with Gasteiger partial charge >= 0.3 is 5.97 Å². The molecule has 0 radical (unpaired) electrons. The minimum atomic E-state index is -0.699. The van der Waals surface area contributed by atoms with E-state index in [9.17, 15) is 9.59 Å². The number of fused-ring (bicyclic) bond motifs is 2. The van der Waals surface area contributed by atoms with E-state index in [1.807, 2.05) is 15.7 Å². The molecule has 1 amide bonds. The number of nitrogens with zero attached hydrogens (tertiary/aromatic N) is 3. The number of aromatic nitrogens is 2. The predicted molar refractivity (Wildman–Crippen MR) is 68.7 cm³/mol. The fourth-order valence-corrected chi connectivity index (χ4v) is 3.95. The Morgan fingerprint density at radius 1 is 1.30 bits per heavy atom. The van der Waals surface area contributed by atoms with E-state index < -0.39 is 5.97 Å². The summed E-state index contributed by atoms with van der Waals surface area (Å²) in [6.45, 7) is 2.04. The first-order valence-corrected chi connectivity index (χ1v) is 7.16. The third-order valence-electron chi connectivity index (χ3n) is 5.09. The SMILES string of the molecule is O=C(O)[C@@H]1[C@@H]2CCN(C(=O)C3Cc4nccn4C3)C[C@@H]21. The molecule has 0 spiro atoms. The van der Waals surface area contributed by atoms with Crippen LogP contribution in [0, 0.1) is 23.7 Å². The average molecular weight is 275 g/mol. The third kappa shape index (κ3) is 1.67. The maximum Gasteiger partial charge on any atom is 0.307 e. The minimum Gasteiger partial charge on any atom is -0.481 e. The maximum absolute atomic E-state index is 12.5. The lowest BCUT2D eigenvalue weighted by Gasteiger charge is -2.28. The quantitative estimate of drug-likeness (QED) is 0.838. The molecule has 3 aliphatic rings. The van der Waals surface area contributed by atoms with Crippen LogP contribution in [0.3, 0.4) is 0 Å². The van der Waals surface area contributed by atoms with Gasteiger partial charge in [0.05, 0.1) is 11.8 Å². The summed E-state index contributed by atoms with van der Waals surface area (Å²) in [6.07, 6.45) is 5.23. The highest BCUT2D eigenvalue weighted by molar-refractivity contribution is 5.80. The molecule has 1 N–H and O–H groups in total. The highest BCUT2D eigenvalue weighted by Crippen LogP contribution is 2.51. The van der Waals surface area contributed by atoms with Crippen LogP contribution in [0.25, 0.3) is 0 Å². The van der Waals surface area contributed by atoms with Crippen molar-refractivity contribution in [2.24, 2.45) is 23.7 Å². The molecule has 3 heterocycles. The van der Waals surface area contributed by atoms with Crippen molar-refractivity contribution < 1.29 is 14.7 Å². The van der Waals surface area contributed by atoms with Crippen molar-refractivity contribution in [3.05, 3.63) is 18.2 Å². The summed E-state index contributed by atoms with van der Waals surface area (Å²) in [6, 6.07) is 0. The smallest absolute Gasteiger partial charge is 0.307 e. The number of carbonyl (C=O) groups is 2. The highest BCUT2D eigenvalue weighted by atomic mass is 16.4. The molecule has 6 nitrogen and oxygen atoms in total. The Kier molecular flexibility index (Phi) is 2.43. The Morgan fingerprint density at radius 3 is 2.90 bits per heavy atom. The first-order chi connectivity index (χ1) is 9.65. The summed E-state index contributed by atoms with van der Waals surface area (Å²) in [4.78, 5) is 29.7. The van der Waals surface area contributed by atoms with Crippen LogP contribution in [0.4, 0.5) is 0 Å². The molecule has 0 bridgehead atoms. The Balaban J connectivity index is 1.41. The molecule has 1 aromatic rings. The van der Waals surface area contributed by atoms with Gasteiger partial charge < -0.3 is 14.6 Å². The zero-order chi connectivity index (χ0) is 13.9. The summed E-state index contributed by atoms with van der Waals surface area (Å²) in [7, 11) is 0. The standard InChI is InChI=1S/C14H17N3O3/c18-13(8-5-11-15-2-4-16(11)6-8)17-3-1-9-10(7-17)12(9)14(19)20/h2,4,8-10,12H,1,3,5-7H2,(H,19,20)/t8?,9-,10+,12-/m1/s1. The molecule has 0 aromatic carbocycles. The van der Waals surface area contributed by atoms with E-state index in [4.69, 9.17) is 5.11 Å². The molecule has 2 aliphatic heterocycles. The van der Waals surface area contributed by atoms with Crippen LogP contribution in [0.2, 0.25) is 0 Å². The fraction of sp³-hybridized carbons (Fsp3) is 0.643. The molecule has 1 saturated carbocycles. The fourth-order valence-electron chi connectivity index (χ4n) is 3.95. The van der Waals surface area contributed by atoms with Crippen molar-refractivity contribution in [1.82, 2.24) is 14.5 Å². The minimum absolute atomic E-state index is 0.0164.